The van der Waals surface area contributed by atoms with Gasteiger partial charge in [0.25, 0.3) is 5.91 Å². The van der Waals surface area contributed by atoms with Gasteiger partial charge in [-0.1, -0.05) is 18.2 Å². The van der Waals surface area contributed by atoms with E-state index < -0.39 is 5.97 Å². The molecule has 0 fully saturated rings. The van der Waals surface area contributed by atoms with Crippen LogP contribution in [0.5, 0.6) is 5.75 Å². The number of nitrogens with one attached hydrogen (secondary N) is 1. The number of carbonyl (C=O) groups excluding carboxylic acids is 2. The average molecular weight is 416 g/mol. The molecule has 2 aromatic heterocycles. The van der Waals surface area contributed by atoms with Crippen molar-refractivity contribution >= 4 is 17.6 Å². The normalized spacial score (nSPS) is 10.6. The van der Waals surface area contributed by atoms with Crippen molar-refractivity contribution in [2.24, 2.45) is 7.05 Å². The molecule has 0 saturated heterocycles. The first kappa shape index (κ1) is 20.1. The highest BCUT2D eigenvalue weighted by Crippen LogP contribution is 2.22. The fraction of sp³-hybridized carbons (Fsp3) is 0.130. The number of rotatable bonds is 6. The first-order chi connectivity index (χ1) is 15.0. The summed E-state index contributed by atoms with van der Waals surface area (Å²) >= 11 is 0. The third kappa shape index (κ3) is 4.87. The molecule has 0 unspecified atom stereocenters. The van der Waals surface area contributed by atoms with Gasteiger partial charge in [-0.2, -0.15) is 5.10 Å². The molecule has 0 radical (unpaired) electrons. The number of benzene rings is 2. The average Bonchev–Trinajstić information content (AvgIpc) is 3.36. The van der Waals surface area contributed by atoms with E-state index in [1.54, 1.807) is 49.1 Å². The Morgan fingerprint density at radius 3 is 2.52 bits per heavy atom. The van der Waals surface area contributed by atoms with Crippen LogP contribution < -0.4 is 10.1 Å². The predicted molar refractivity (Wildman–Crippen MR) is 114 cm³/mol. The number of anilines is 1. The molecule has 0 saturated carbocycles. The summed E-state index contributed by atoms with van der Waals surface area (Å²) in [6.45, 7) is 1.77. The van der Waals surface area contributed by atoms with Gasteiger partial charge in [0.2, 0.25) is 5.89 Å². The standard InChI is InChI=1S/C23H20N4O4/c1-15-20(26-23(30-15)16-6-4-3-5-7-16)12-21(28)31-19-10-8-18(9-11-19)25-22(29)17-13-24-27(2)14-17/h3-11,13-14H,12H2,1-2H3,(H,25,29). The quantitative estimate of drug-likeness (QED) is 0.379. The number of oxazole rings is 1. The second-order valence-electron chi connectivity index (χ2n) is 6.92. The third-order valence-corrected chi connectivity index (χ3v) is 4.54. The van der Waals surface area contributed by atoms with E-state index in [1.807, 2.05) is 30.3 Å². The van der Waals surface area contributed by atoms with Crippen LogP contribution in [0.1, 0.15) is 21.8 Å². The number of amides is 1. The summed E-state index contributed by atoms with van der Waals surface area (Å²) < 4.78 is 12.6. The molecule has 8 nitrogen and oxygen atoms in total. The van der Waals surface area contributed by atoms with Crippen molar-refractivity contribution in [3.63, 3.8) is 0 Å². The van der Waals surface area contributed by atoms with Crippen LogP contribution in [-0.4, -0.2) is 26.6 Å². The van der Waals surface area contributed by atoms with Crippen molar-refractivity contribution in [1.29, 1.82) is 0 Å². The van der Waals surface area contributed by atoms with Gasteiger partial charge in [-0.05, 0) is 43.3 Å². The van der Waals surface area contributed by atoms with Crippen LogP contribution in [0.3, 0.4) is 0 Å². The van der Waals surface area contributed by atoms with Crippen molar-refractivity contribution in [3.8, 4) is 17.2 Å². The lowest BCUT2D eigenvalue weighted by Gasteiger charge is -2.06. The molecular weight excluding hydrogens is 396 g/mol. The minimum atomic E-state index is -0.455. The van der Waals surface area contributed by atoms with Crippen LogP contribution in [0.15, 0.2) is 71.4 Å². The molecule has 2 aromatic carbocycles. The van der Waals surface area contributed by atoms with Crippen LogP contribution in [0.4, 0.5) is 5.69 Å². The van der Waals surface area contributed by atoms with Crippen LogP contribution in [0, 0.1) is 6.92 Å². The molecule has 0 aliphatic carbocycles. The summed E-state index contributed by atoms with van der Waals surface area (Å²) in [4.78, 5) is 28.9. The van der Waals surface area contributed by atoms with Gasteiger partial charge in [0.1, 0.15) is 11.5 Å². The van der Waals surface area contributed by atoms with Gasteiger partial charge in [0.05, 0.1) is 23.9 Å². The van der Waals surface area contributed by atoms with Crippen molar-refractivity contribution in [2.75, 3.05) is 5.32 Å². The van der Waals surface area contributed by atoms with Gasteiger partial charge < -0.3 is 14.5 Å². The molecule has 0 aliphatic heterocycles. The zero-order valence-electron chi connectivity index (χ0n) is 17.0. The molecule has 2 heterocycles. The van der Waals surface area contributed by atoms with E-state index in [2.05, 4.69) is 15.4 Å². The summed E-state index contributed by atoms with van der Waals surface area (Å²) in [7, 11) is 1.74. The Kier molecular flexibility index (Phi) is 5.61. The summed E-state index contributed by atoms with van der Waals surface area (Å²) in [5.41, 5.74) is 2.41. The topological polar surface area (TPSA) is 99.2 Å². The van der Waals surface area contributed by atoms with E-state index in [1.165, 1.54) is 6.20 Å². The zero-order valence-corrected chi connectivity index (χ0v) is 17.0. The number of aryl methyl sites for hydroxylation is 2. The first-order valence-electron chi connectivity index (χ1n) is 9.60. The van der Waals surface area contributed by atoms with Gasteiger partial charge in [-0.15, -0.1) is 0 Å². The molecule has 156 valence electrons. The minimum Gasteiger partial charge on any atom is -0.441 e. The number of aromatic nitrogens is 3. The molecule has 0 spiro atoms. The summed E-state index contributed by atoms with van der Waals surface area (Å²) in [6, 6.07) is 16.0. The number of esters is 1. The lowest BCUT2D eigenvalue weighted by Crippen LogP contribution is -2.13. The lowest BCUT2D eigenvalue weighted by molar-refractivity contribution is -0.133. The van der Waals surface area contributed by atoms with E-state index in [0.717, 1.165) is 5.56 Å². The minimum absolute atomic E-state index is 0.0122. The Labute approximate surface area is 178 Å². The summed E-state index contributed by atoms with van der Waals surface area (Å²) in [5, 5.41) is 6.73. The van der Waals surface area contributed by atoms with Crippen LogP contribution >= 0.6 is 0 Å². The SMILES string of the molecule is Cc1oc(-c2ccccc2)nc1CC(=O)Oc1ccc(NC(=O)c2cnn(C)c2)cc1. The van der Waals surface area contributed by atoms with Crippen molar-refractivity contribution < 1.29 is 18.7 Å². The molecule has 0 bridgehead atoms. The number of nitrogens with zero attached hydrogens (tertiary/aromatic N) is 3. The van der Waals surface area contributed by atoms with E-state index in [0.29, 0.717) is 34.3 Å². The number of ether oxygens (including phenoxy) is 1. The monoisotopic (exact) mass is 416 g/mol. The molecule has 4 rings (SSSR count). The molecule has 0 aliphatic rings. The second kappa shape index (κ2) is 8.66. The lowest BCUT2D eigenvalue weighted by atomic mass is 10.2. The zero-order chi connectivity index (χ0) is 21.8. The number of carbonyl (C=O) groups is 2. The van der Waals surface area contributed by atoms with E-state index in [-0.39, 0.29) is 12.3 Å². The highest BCUT2D eigenvalue weighted by atomic mass is 16.5. The van der Waals surface area contributed by atoms with Gasteiger partial charge in [0, 0.05) is 24.5 Å². The maximum atomic E-state index is 12.3. The fourth-order valence-corrected chi connectivity index (χ4v) is 2.95. The van der Waals surface area contributed by atoms with Gasteiger partial charge in [-0.3, -0.25) is 14.3 Å². The van der Waals surface area contributed by atoms with E-state index in [4.69, 9.17) is 9.15 Å². The Morgan fingerprint density at radius 2 is 1.84 bits per heavy atom. The fourth-order valence-electron chi connectivity index (χ4n) is 2.95. The molecule has 4 aromatic rings. The van der Waals surface area contributed by atoms with Crippen LogP contribution in [0.25, 0.3) is 11.5 Å². The summed E-state index contributed by atoms with van der Waals surface area (Å²) in [5.74, 6) is 0.685. The molecule has 1 amide bonds. The van der Waals surface area contributed by atoms with Crippen molar-refractivity contribution in [3.05, 3.63) is 84.0 Å². The molecular formula is C23H20N4O4. The molecule has 0 atom stereocenters. The molecule has 8 heteroatoms. The van der Waals surface area contributed by atoms with E-state index in [9.17, 15) is 9.59 Å². The highest BCUT2D eigenvalue weighted by molar-refractivity contribution is 6.03. The van der Waals surface area contributed by atoms with Gasteiger partial charge in [-0.25, -0.2) is 4.98 Å². The molecule has 1 N–H and O–H groups in total. The molecule has 31 heavy (non-hydrogen) atoms. The smallest absolute Gasteiger partial charge is 0.317 e. The third-order valence-electron chi connectivity index (χ3n) is 4.54. The second-order valence-corrected chi connectivity index (χ2v) is 6.92. The largest absolute Gasteiger partial charge is 0.441 e. The first-order valence-corrected chi connectivity index (χ1v) is 9.60. The maximum Gasteiger partial charge on any atom is 0.317 e. The number of hydrogen-bond donors (Lipinski definition) is 1. The van der Waals surface area contributed by atoms with Crippen LogP contribution in [0.2, 0.25) is 0 Å². The van der Waals surface area contributed by atoms with Crippen molar-refractivity contribution in [2.45, 2.75) is 13.3 Å². The van der Waals surface area contributed by atoms with Gasteiger partial charge in [0.15, 0.2) is 0 Å². The van der Waals surface area contributed by atoms with E-state index >= 15 is 0 Å². The summed E-state index contributed by atoms with van der Waals surface area (Å²) in [6.07, 6.45) is 3.10. The van der Waals surface area contributed by atoms with Crippen LogP contribution in [-0.2, 0) is 18.3 Å². The van der Waals surface area contributed by atoms with Crippen molar-refractivity contribution in [1.82, 2.24) is 14.8 Å². The predicted octanol–water partition coefficient (Wildman–Crippen LogP) is 3.78. The Balaban J connectivity index is 1.36. The Bertz CT molecular complexity index is 1210. The highest BCUT2D eigenvalue weighted by Gasteiger charge is 2.16. The Hall–Kier alpha value is -4.20. The van der Waals surface area contributed by atoms with Gasteiger partial charge >= 0.3 is 5.97 Å². The number of hydrogen-bond acceptors (Lipinski definition) is 6. The maximum absolute atomic E-state index is 12.3. The Morgan fingerprint density at radius 1 is 1.10 bits per heavy atom.